The number of nitrogens with zero attached hydrogens (tertiary/aromatic N) is 2. The molecule has 1 aromatic rings. The molecule has 6 nitrogen and oxygen atoms in total. The van der Waals surface area contributed by atoms with E-state index in [1.54, 1.807) is 23.4 Å². The van der Waals surface area contributed by atoms with E-state index in [0.717, 1.165) is 24.2 Å². The third kappa shape index (κ3) is 2.61. The van der Waals surface area contributed by atoms with Crippen molar-refractivity contribution in [2.45, 2.75) is 25.8 Å². The molecule has 0 aromatic carbocycles. The minimum Gasteiger partial charge on any atom is -0.491 e. The molecule has 21 heavy (non-hydrogen) atoms. The van der Waals surface area contributed by atoms with Crippen LogP contribution in [0.25, 0.3) is 0 Å². The summed E-state index contributed by atoms with van der Waals surface area (Å²) in [6.45, 7) is 1.35. The van der Waals surface area contributed by atoms with E-state index in [1.165, 1.54) is 0 Å². The second-order valence-corrected chi connectivity index (χ2v) is 5.28. The van der Waals surface area contributed by atoms with Gasteiger partial charge >= 0.3 is 0 Å². The molecule has 1 fully saturated rings. The lowest BCUT2D eigenvalue weighted by Gasteiger charge is -2.20. The van der Waals surface area contributed by atoms with Gasteiger partial charge < -0.3 is 20.8 Å². The van der Waals surface area contributed by atoms with Crippen LogP contribution < -0.4 is 10.5 Å². The molecule has 6 heteroatoms. The summed E-state index contributed by atoms with van der Waals surface area (Å²) in [6, 6.07) is 1.80. The molecule has 1 aliphatic heterocycles. The number of carbonyl (C=O) groups excluding carboxylic acids is 1. The van der Waals surface area contributed by atoms with E-state index >= 15 is 0 Å². The van der Waals surface area contributed by atoms with Crippen LogP contribution in [0.2, 0.25) is 0 Å². The lowest BCUT2D eigenvalue weighted by molar-refractivity contribution is -0.128. The van der Waals surface area contributed by atoms with E-state index in [2.05, 4.69) is 4.98 Å². The second kappa shape index (κ2) is 5.55. The maximum Gasteiger partial charge on any atom is 0.270 e. The number of allylic oxidation sites excluding steroid dienone is 1. The molecule has 0 atom stereocenters. The van der Waals surface area contributed by atoms with Crippen LogP contribution in [0, 0.1) is 5.41 Å². The number of hydrogen-bond acceptors (Lipinski definition) is 5. The molecule has 0 radical (unpaired) electrons. The average Bonchev–Trinajstić information content (AvgIpc) is 2.80. The summed E-state index contributed by atoms with van der Waals surface area (Å²) in [5.74, 6) is 0.553. The Morgan fingerprint density at radius 3 is 3.05 bits per heavy atom. The number of pyridine rings is 1. The van der Waals surface area contributed by atoms with E-state index in [-0.39, 0.29) is 11.6 Å². The summed E-state index contributed by atoms with van der Waals surface area (Å²) in [6.07, 6.45) is 5.71. The predicted octanol–water partition coefficient (Wildman–Crippen LogP) is 1.22. The second-order valence-electron chi connectivity index (χ2n) is 5.28. The normalized spacial score (nSPS) is 20.6. The van der Waals surface area contributed by atoms with Crippen molar-refractivity contribution in [2.24, 2.45) is 5.73 Å². The smallest absolute Gasteiger partial charge is 0.270 e. The first-order valence-corrected chi connectivity index (χ1v) is 7.08. The molecule has 3 rings (SSSR count). The number of carbonyl (C=O) groups is 1. The maximum absolute atomic E-state index is 12.6. The summed E-state index contributed by atoms with van der Waals surface area (Å²) >= 11 is 0. The van der Waals surface area contributed by atoms with Crippen LogP contribution >= 0.6 is 0 Å². The molecule has 1 aromatic heterocycles. The molecule has 0 saturated heterocycles. The highest BCUT2D eigenvalue weighted by atomic mass is 16.5. The van der Waals surface area contributed by atoms with Crippen LogP contribution in [0.15, 0.2) is 29.7 Å². The topological polar surface area (TPSA) is 92.3 Å². The van der Waals surface area contributed by atoms with Crippen molar-refractivity contribution in [1.82, 2.24) is 9.88 Å². The number of fused-ring (bicyclic) bond motifs is 1. The Hall–Kier alpha value is -2.37. The van der Waals surface area contributed by atoms with Gasteiger partial charge in [-0.3, -0.25) is 9.78 Å². The number of nitrogens with one attached hydrogen (secondary N) is 1. The fraction of sp³-hybridized carbons (Fsp3) is 0.400. The summed E-state index contributed by atoms with van der Waals surface area (Å²) in [5, 5.41) is 7.86. The molecular formula is C15H18N4O2. The first kappa shape index (κ1) is 13.6. The standard InChI is InChI=1S/C15H18N4O2/c16-12-3-1-2-11(12)14(17)15(20)19-6-7-21-13-4-5-18-8-10(13)9-19/h4-5,8,16H,1-3,6-7,9,17H2. The Bertz CT molecular complexity index is 624. The lowest BCUT2D eigenvalue weighted by Crippen LogP contribution is -2.36. The van der Waals surface area contributed by atoms with Gasteiger partial charge in [0.25, 0.3) is 5.91 Å². The molecule has 110 valence electrons. The molecule has 3 N–H and O–H groups in total. The van der Waals surface area contributed by atoms with Crippen LogP contribution in [-0.4, -0.2) is 34.7 Å². The minimum absolute atomic E-state index is 0.211. The van der Waals surface area contributed by atoms with Crippen LogP contribution in [0.5, 0.6) is 5.75 Å². The summed E-state index contributed by atoms with van der Waals surface area (Å²) < 4.78 is 5.62. The SMILES string of the molecule is N=C1CCCC1=C(N)C(=O)N1CCOc2ccncc2C1. The van der Waals surface area contributed by atoms with Crippen molar-refractivity contribution >= 4 is 11.6 Å². The largest absolute Gasteiger partial charge is 0.491 e. The van der Waals surface area contributed by atoms with Crippen LogP contribution in [0.4, 0.5) is 0 Å². The van der Waals surface area contributed by atoms with Crippen molar-refractivity contribution < 1.29 is 9.53 Å². The monoisotopic (exact) mass is 286 g/mol. The number of ether oxygens (including phenoxy) is 1. The van der Waals surface area contributed by atoms with Crippen molar-refractivity contribution in [2.75, 3.05) is 13.2 Å². The van der Waals surface area contributed by atoms with Gasteiger partial charge in [-0.2, -0.15) is 0 Å². The van der Waals surface area contributed by atoms with Crippen LogP contribution in [-0.2, 0) is 11.3 Å². The lowest BCUT2D eigenvalue weighted by atomic mass is 10.1. The number of nitrogens with two attached hydrogens (primary N) is 1. The van der Waals surface area contributed by atoms with Gasteiger partial charge in [0.1, 0.15) is 18.1 Å². The third-order valence-electron chi connectivity index (χ3n) is 3.90. The van der Waals surface area contributed by atoms with Gasteiger partial charge in [0, 0.05) is 29.2 Å². The van der Waals surface area contributed by atoms with Gasteiger partial charge in [-0.1, -0.05) is 0 Å². The number of aromatic nitrogens is 1. The highest BCUT2D eigenvalue weighted by Crippen LogP contribution is 2.25. The summed E-state index contributed by atoms with van der Waals surface area (Å²) in [5.41, 5.74) is 8.30. The Morgan fingerprint density at radius 1 is 1.43 bits per heavy atom. The molecule has 2 heterocycles. The molecule has 1 aliphatic carbocycles. The summed E-state index contributed by atoms with van der Waals surface area (Å²) in [4.78, 5) is 18.3. The van der Waals surface area contributed by atoms with Gasteiger partial charge in [-0.15, -0.1) is 0 Å². The zero-order valence-corrected chi connectivity index (χ0v) is 11.8. The Balaban J connectivity index is 1.84. The number of amides is 1. The van der Waals surface area contributed by atoms with Crippen molar-refractivity contribution in [1.29, 1.82) is 5.41 Å². The minimum atomic E-state index is -0.211. The highest BCUT2D eigenvalue weighted by Gasteiger charge is 2.26. The zero-order valence-electron chi connectivity index (χ0n) is 11.8. The highest BCUT2D eigenvalue weighted by molar-refractivity contribution is 6.07. The number of rotatable bonds is 1. The molecule has 2 aliphatic rings. The predicted molar refractivity (Wildman–Crippen MR) is 77.9 cm³/mol. The Morgan fingerprint density at radius 2 is 2.29 bits per heavy atom. The molecule has 0 unspecified atom stereocenters. The molecule has 1 saturated carbocycles. The van der Waals surface area contributed by atoms with Gasteiger partial charge in [0.05, 0.1) is 13.1 Å². The zero-order chi connectivity index (χ0) is 14.8. The van der Waals surface area contributed by atoms with E-state index in [1.807, 2.05) is 0 Å². The fourth-order valence-electron chi connectivity index (χ4n) is 2.74. The van der Waals surface area contributed by atoms with Crippen molar-refractivity contribution in [3.8, 4) is 5.75 Å². The first-order chi connectivity index (χ1) is 10.2. The third-order valence-corrected chi connectivity index (χ3v) is 3.90. The van der Waals surface area contributed by atoms with E-state index < -0.39 is 0 Å². The molecule has 0 bridgehead atoms. The van der Waals surface area contributed by atoms with Gasteiger partial charge in [-0.25, -0.2) is 0 Å². The van der Waals surface area contributed by atoms with Crippen LogP contribution in [0.1, 0.15) is 24.8 Å². The first-order valence-electron chi connectivity index (χ1n) is 7.08. The fourth-order valence-corrected chi connectivity index (χ4v) is 2.74. The number of hydrogen-bond donors (Lipinski definition) is 2. The van der Waals surface area contributed by atoms with E-state index in [0.29, 0.717) is 37.4 Å². The quantitative estimate of drug-likeness (QED) is 0.759. The molecular weight excluding hydrogens is 268 g/mol. The van der Waals surface area contributed by atoms with Gasteiger partial charge in [-0.05, 0) is 25.3 Å². The van der Waals surface area contributed by atoms with E-state index in [9.17, 15) is 4.79 Å². The molecule has 1 amide bonds. The summed E-state index contributed by atoms with van der Waals surface area (Å²) in [7, 11) is 0. The van der Waals surface area contributed by atoms with Crippen molar-refractivity contribution in [3.63, 3.8) is 0 Å². The van der Waals surface area contributed by atoms with E-state index in [4.69, 9.17) is 15.9 Å². The van der Waals surface area contributed by atoms with Crippen molar-refractivity contribution in [3.05, 3.63) is 35.3 Å². The molecule has 0 spiro atoms. The Kier molecular flexibility index (Phi) is 3.60. The Labute approximate surface area is 123 Å². The van der Waals surface area contributed by atoms with Crippen LogP contribution in [0.3, 0.4) is 0 Å². The maximum atomic E-state index is 12.6. The average molecular weight is 286 g/mol. The van der Waals surface area contributed by atoms with Gasteiger partial charge in [0.15, 0.2) is 0 Å². The van der Waals surface area contributed by atoms with Gasteiger partial charge in [0.2, 0.25) is 0 Å².